The molecular weight excluding hydrogens is 260 g/mol. The Morgan fingerprint density at radius 3 is 2.35 bits per heavy atom. The lowest BCUT2D eigenvalue weighted by Gasteiger charge is -2.10. The van der Waals surface area contributed by atoms with Crippen LogP contribution in [0, 0.1) is 11.6 Å². The van der Waals surface area contributed by atoms with Crippen LogP contribution in [0.1, 0.15) is 0 Å². The molecule has 0 aliphatic heterocycles. The molecule has 3 aromatic rings. The molecular formula is C15H11F2N3. The Morgan fingerprint density at radius 1 is 0.950 bits per heavy atom. The van der Waals surface area contributed by atoms with E-state index in [9.17, 15) is 8.78 Å². The van der Waals surface area contributed by atoms with Crippen LogP contribution in [0.25, 0.3) is 5.69 Å². The zero-order chi connectivity index (χ0) is 13.9. The second kappa shape index (κ2) is 5.13. The van der Waals surface area contributed by atoms with Crippen molar-refractivity contribution in [2.45, 2.75) is 0 Å². The number of hydrogen-bond donors (Lipinski definition) is 1. The Bertz CT molecular complexity index is 703. The molecule has 5 heteroatoms. The number of nitrogens with zero attached hydrogens (tertiary/aromatic N) is 2. The van der Waals surface area contributed by atoms with Crippen molar-refractivity contribution in [3.8, 4) is 5.69 Å². The van der Waals surface area contributed by atoms with Crippen molar-refractivity contribution < 1.29 is 8.78 Å². The van der Waals surface area contributed by atoms with Gasteiger partial charge in [0.15, 0.2) is 0 Å². The van der Waals surface area contributed by atoms with E-state index in [0.29, 0.717) is 11.6 Å². The highest BCUT2D eigenvalue weighted by Gasteiger charge is 2.06. The molecule has 0 radical (unpaired) electrons. The second-order valence-corrected chi connectivity index (χ2v) is 4.24. The van der Waals surface area contributed by atoms with Gasteiger partial charge in [0.1, 0.15) is 11.6 Å². The maximum Gasteiger partial charge on any atom is 0.212 e. The maximum atomic E-state index is 13.2. The minimum absolute atomic E-state index is 0.311. The van der Waals surface area contributed by atoms with Crippen LogP contribution in [0.5, 0.6) is 0 Å². The summed E-state index contributed by atoms with van der Waals surface area (Å²) in [5.41, 5.74) is 1.22. The zero-order valence-corrected chi connectivity index (χ0v) is 10.4. The fourth-order valence-corrected chi connectivity index (χ4v) is 1.95. The molecule has 0 bridgehead atoms. The van der Waals surface area contributed by atoms with E-state index < -0.39 is 11.6 Å². The summed E-state index contributed by atoms with van der Waals surface area (Å²) in [7, 11) is 0. The third-order valence-electron chi connectivity index (χ3n) is 2.79. The molecule has 0 aliphatic rings. The molecule has 0 fully saturated rings. The summed E-state index contributed by atoms with van der Waals surface area (Å²) in [6.07, 6.45) is 3.39. The number of aromatic nitrogens is 2. The minimum Gasteiger partial charge on any atom is -0.325 e. The highest BCUT2D eigenvalue weighted by molar-refractivity contribution is 5.56. The van der Waals surface area contributed by atoms with Crippen LogP contribution in [-0.4, -0.2) is 9.55 Å². The predicted molar refractivity (Wildman–Crippen MR) is 73.2 cm³/mol. The molecule has 100 valence electrons. The van der Waals surface area contributed by atoms with E-state index in [-0.39, 0.29) is 0 Å². The van der Waals surface area contributed by atoms with Gasteiger partial charge in [0.2, 0.25) is 5.95 Å². The monoisotopic (exact) mass is 271 g/mol. The molecule has 0 unspecified atom stereocenters. The van der Waals surface area contributed by atoms with Crippen LogP contribution in [0.2, 0.25) is 0 Å². The molecule has 0 spiro atoms. The highest BCUT2D eigenvalue weighted by Crippen LogP contribution is 2.20. The first kappa shape index (κ1) is 12.3. The van der Waals surface area contributed by atoms with Crippen molar-refractivity contribution in [3.63, 3.8) is 0 Å². The zero-order valence-electron chi connectivity index (χ0n) is 10.4. The topological polar surface area (TPSA) is 29.9 Å². The van der Waals surface area contributed by atoms with E-state index in [1.807, 2.05) is 30.3 Å². The number of nitrogens with one attached hydrogen (secondary N) is 1. The Labute approximate surface area is 114 Å². The molecule has 3 nitrogen and oxygen atoms in total. The Hall–Kier alpha value is -2.69. The fraction of sp³-hybridized carbons (Fsp3) is 0. The van der Waals surface area contributed by atoms with Gasteiger partial charge in [0, 0.05) is 29.8 Å². The van der Waals surface area contributed by atoms with Crippen molar-refractivity contribution in [1.82, 2.24) is 9.55 Å². The van der Waals surface area contributed by atoms with E-state index in [0.717, 1.165) is 11.8 Å². The number of imidazole rings is 1. The molecule has 2 aromatic carbocycles. The van der Waals surface area contributed by atoms with Crippen LogP contribution in [0.15, 0.2) is 60.9 Å². The Morgan fingerprint density at radius 2 is 1.65 bits per heavy atom. The van der Waals surface area contributed by atoms with Gasteiger partial charge in [-0.2, -0.15) is 0 Å². The van der Waals surface area contributed by atoms with Crippen molar-refractivity contribution in [2.24, 2.45) is 0 Å². The lowest BCUT2D eigenvalue weighted by molar-refractivity contribution is 0.584. The van der Waals surface area contributed by atoms with Crippen LogP contribution in [-0.2, 0) is 0 Å². The first-order chi connectivity index (χ1) is 9.72. The first-order valence-electron chi connectivity index (χ1n) is 6.04. The molecule has 0 aliphatic carbocycles. The molecule has 1 heterocycles. The van der Waals surface area contributed by atoms with Gasteiger partial charge < -0.3 is 5.32 Å². The fourth-order valence-electron chi connectivity index (χ4n) is 1.95. The van der Waals surface area contributed by atoms with E-state index in [1.165, 1.54) is 12.1 Å². The van der Waals surface area contributed by atoms with E-state index in [2.05, 4.69) is 10.3 Å². The lowest BCUT2D eigenvalue weighted by atomic mass is 10.3. The Kier molecular flexibility index (Phi) is 3.16. The van der Waals surface area contributed by atoms with Gasteiger partial charge in [0.05, 0.1) is 0 Å². The first-order valence-corrected chi connectivity index (χ1v) is 6.04. The summed E-state index contributed by atoms with van der Waals surface area (Å²) >= 11 is 0. The average molecular weight is 271 g/mol. The number of anilines is 2. The van der Waals surface area contributed by atoms with E-state index >= 15 is 0 Å². The summed E-state index contributed by atoms with van der Waals surface area (Å²) in [6.45, 7) is 0. The summed E-state index contributed by atoms with van der Waals surface area (Å²) in [4.78, 5) is 4.15. The summed E-state index contributed by atoms with van der Waals surface area (Å²) in [6, 6.07) is 12.8. The van der Waals surface area contributed by atoms with Gasteiger partial charge in [-0.15, -0.1) is 0 Å². The quantitative estimate of drug-likeness (QED) is 0.783. The van der Waals surface area contributed by atoms with Crippen molar-refractivity contribution in [1.29, 1.82) is 0 Å². The van der Waals surface area contributed by atoms with Gasteiger partial charge in [-0.3, -0.25) is 4.57 Å². The molecule has 0 saturated carbocycles. The minimum atomic E-state index is -0.634. The number of rotatable bonds is 3. The van der Waals surface area contributed by atoms with Crippen LogP contribution in [0.3, 0.4) is 0 Å². The Balaban J connectivity index is 1.94. The van der Waals surface area contributed by atoms with Crippen LogP contribution < -0.4 is 5.32 Å². The molecule has 1 N–H and O–H groups in total. The summed E-state index contributed by atoms with van der Waals surface area (Å²) in [5, 5.41) is 2.90. The molecule has 0 amide bonds. The molecule has 3 rings (SSSR count). The van der Waals surface area contributed by atoms with Crippen LogP contribution in [0.4, 0.5) is 20.4 Å². The van der Waals surface area contributed by atoms with Crippen molar-refractivity contribution >= 4 is 11.6 Å². The largest absolute Gasteiger partial charge is 0.325 e. The molecule has 1 aromatic heterocycles. The third kappa shape index (κ3) is 2.51. The summed E-state index contributed by atoms with van der Waals surface area (Å²) in [5.74, 6) is -0.781. The number of halogens is 2. The lowest BCUT2D eigenvalue weighted by Crippen LogP contribution is -2.01. The third-order valence-corrected chi connectivity index (χ3v) is 2.79. The van der Waals surface area contributed by atoms with E-state index in [4.69, 9.17) is 0 Å². The van der Waals surface area contributed by atoms with Gasteiger partial charge in [-0.05, 0) is 24.3 Å². The van der Waals surface area contributed by atoms with E-state index in [1.54, 1.807) is 17.0 Å². The SMILES string of the molecule is Fc1cc(F)cc(Nc2nccn2-c2ccccc2)c1. The molecule has 20 heavy (non-hydrogen) atoms. The summed E-state index contributed by atoms with van der Waals surface area (Å²) < 4.78 is 28.1. The second-order valence-electron chi connectivity index (χ2n) is 4.24. The molecule has 0 atom stereocenters. The van der Waals surface area contributed by atoms with Crippen LogP contribution >= 0.6 is 0 Å². The standard InChI is InChI=1S/C15H11F2N3/c16-11-8-12(17)10-13(9-11)19-15-18-6-7-20(15)14-4-2-1-3-5-14/h1-10H,(H,18,19). The number of para-hydroxylation sites is 1. The number of hydrogen-bond acceptors (Lipinski definition) is 2. The van der Waals surface area contributed by atoms with Crippen molar-refractivity contribution in [2.75, 3.05) is 5.32 Å². The normalized spacial score (nSPS) is 10.5. The number of benzene rings is 2. The van der Waals surface area contributed by atoms with Gasteiger partial charge in [-0.1, -0.05) is 18.2 Å². The van der Waals surface area contributed by atoms with Gasteiger partial charge in [0.25, 0.3) is 0 Å². The van der Waals surface area contributed by atoms with Gasteiger partial charge >= 0.3 is 0 Å². The smallest absolute Gasteiger partial charge is 0.212 e. The molecule has 0 saturated heterocycles. The van der Waals surface area contributed by atoms with Crippen molar-refractivity contribution in [3.05, 3.63) is 72.6 Å². The average Bonchev–Trinajstić information content (AvgIpc) is 2.86. The highest BCUT2D eigenvalue weighted by atomic mass is 19.1. The maximum absolute atomic E-state index is 13.2. The predicted octanol–water partition coefficient (Wildman–Crippen LogP) is 3.89. The van der Waals surface area contributed by atoms with Gasteiger partial charge in [-0.25, -0.2) is 13.8 Å².